The minimum Gasteiger partial charge on any atom is -0.456 e. The van der Waals surface area contributed by atoms with Gasteiger partial charge in [-0.2, -0.15) is 0 Å². The van der Waals surface area contributed by atoms with Crippen molar-refractivity contribution in [1.29, 1.82) is 0 Å². The molecule has 0 aliphatic rings. The Morgan fingerprint density at radius 3 is 1.81 bits per heavy atom. The maximum atomic E-state index is 6.17. The van der Waals surface area contributed by atoms with Crippen LogP contribution in [0.5, 0.6) is 0 Å². The fraction of sp³-hybridized carbons (Fsp3) is 0. The summed E-state index contributed by atoms with van der Waals surface area (Å²) in [4.78, 5) is 20.0. The van der Waals surface area contributed by atoms with Gasteiger partial charge in [-0.05, 0) is 66.7 Å². The van der Waals surface area contributed by atoms with Crippen LogP contribution in [-0.4, -0.2) is 29.1 Å². The van der Waals surface area contributed by atoms with Gasteiger partial charge in [0.25, 0.3) is 0 Å². The molecule has 6 heterocycles. The number of hydrogen-bond donors (Lipinski definition) is 0. The van der Waals surface area contributed by atoms with E-state index in [2.05, 4.69) is 166 Å². The van der Waals surface area contributed by atoms with Gasteiger partial charge in [0.1, 0.15) is 17.0 Å². The zero-order valence-corrected chi connectivity index (χ0v) is 33.7. The molecule has 0 saturated carbocycles. The van der Waals surface area contributed by atoms with Crippen LogP contribution in [0.15, 0.2) is 211 Å². The van der Waals surface area contributed by atoms with Crippen LogP contribution in [0.3, 0.4) is 0 Å². The standard InChI is InChI=1S/C56H34N6O/c1-3-12-35(13-4-1)48-33-55(60-56(59-48)36-14-5-2-6-15-36)62-50-21-10-8-17-41(50)43-30-37(23-26-51(43)62)46-18-11-19-47(58-46)38-22-25-42-40-16-7-9-20-49(40)61(52(42)31-38)39-24-27-53-44(32-39)45-34-57-29-28-54(45)63-53/h1-34H. The van der Waals surface area contributed by atoms with Crippen molar-refractivity contribution in [3.63, 3.8) is 0 Å². The third kappa shape index (κ3) is 5.67. The molecule has 294 valence electrons. The number of furan rings is 1. The highest BCUT2D eigenvalue weighted by Gasteiger charge is 2.19. The lowest BCUT2D eigenvalue weighted by atomic mass is 10.0. The van der Waals surface area contributed by atoms with Crippen molar-refractivity contribution < 1.29 is 4.42 Å². The highest BCUT2D eigenvalue weighted by atomic mass is 16.3. The van der Waals surface area contributed by atoms with Gasteiger partial charge in [0.05, 0.1) is 39.1 Å². The lowest BCUT2D eigenvalue weighted by molar-refractivity contribution is 0.668. The Bertz CT molecular complexity index is 3860. The van der Waals surface area contributed by atoms with E-state index in [0.29, 0.717) is 5.82 Å². The zero-order valence-electron chi connectivity index (χ0n) is 33.7. The van der Waals surface area contributed by atoms with Crippen molar-refractivity contribution >= 4 is 65.6 Å². The molecule has 7 aromatic carbocycles. The Labute approximate surface area is 360 Å². The number of nitrogens with zero attached hydrogens (tertiary/aromatic N) is 6. The van der Waals surface area contributed by atoms with Crippen LogP contribution < -0.4 is 0 Å². The van der Waals surface area contributed by atoms with Gasteiger partial charge in [-0.1, -0.05) is 121 Å². The van der Waals surface area contributed by atoms with Crippen LogP contribution in [-0.2, 0) is 0 Å². The second-order valence-corrected chi connectivity index (χ2v) is 15.9. The summed E-state index contributed by atoms with van der Waals surface area (Å²) in [5, 5.41) is 6.69. The zero-order chi connectivity index (χ0) is 41.4. The Morgan fingerprint density at radius 1 is 0.349 bits per heavy atom. The third-order valence-electron chi connectivity index (χ3n) is 12.2. The van der Waals surface area contributed by atoms with Gasteiger partial charge in [-0.15, -0.1) is 0 Å². The van der Waals surface area contributed by atoms with Crippen molar-refractivity contribution in [1.82, 2.24) is 29.1 Å². The van der Waals surface area contributed by atoms with Gasteiger partial charge < -0.3 is 8.98 Å². The second kappa shape index (κ2) is 13.9. The highest BCUT2D eigenvalue weighted by Crippen LogP contribution is 2.39. The van der Waals surface area contributed by atoms with Crippen LogP contribution >= 0.6 is 0 Å². The number of fused-ring (bicyclic) bond motifs is 9. The lowest BCUT2D eigenvalue weighted by Gasteiger charge is -2.12. The quantitative estimate of drug-likeness (QED) is 0.167. The summed E-state index contributed by atoms with van der Waals surface area (Å²) in [5.41, 5.74) is 13.9. The molecule has 0 atom stereocenters. The summed E-state index contributed by atoms with van der Waals surface area (Å²) in [6.45, 7) is 0. The Kier molecular flexibility index (Phi) is 7.77. The number of hydrogen-bond acceptors (Lipinski definition) is 5. The van der Waals surface area contributed by atoms with Crippen LogP contribution in [0.1, 0.15) is 0 Å². The number of para-hydroxylation sites is 2. The topological polar surface area (TPSA) is 74.6 Å². The van der Waals surface area contributed by atoms with E-state index in [-0.39, 0.29) is 0 Å². The molecular weight excluding hydrogens is 773 g/mol. The van der Waals surface area contributed by atoms with E-state index in [9.17, 15) is 0 Å². The molecule has 0 N–H and O–H groups in total. The molecule has 0 amide bonds. The summed E-state index contributed by atoms with van der Waals surface area (Å²) in [6, 6.07) is 67.7. The first-order valence-electron chi connectivity index (χ1n) is 21.0. The van der Waals surface area contributed by atoms with Crippen LogP contribution in [0.25, 0.3) is 122 Å². The predicted molar refractivity (Wildman–Crippen MR) is 255 cm³/mol. The lowest BCUT2D eigenvalue weighted by Crippen LogP contribution is -2.02. The van der Waals surface area contributed by atoms with Crippen molar-refractivity contribution in [2.24, 2.45) is 0 Å². The van der Waals surface area contributed by atoms with Gasteiger partial charge in [-0.3, -0.25) is 9.55 Å². The molecule has 13 rings (SSSR count). The van der Waals surface area contributed by atoms with E-state index < -0.39 is 0 Å². The fourth-order valence-corrected chi connectivity index (χ4v) is 9.31. The van der Waals surface area contributed by atoms with Crippen molar-refractivity contribution in [2.45, 2.75) is 0 Å². The Balaban J connectivity index is 0.937. The molecule has 6 aromatic heterocycles. The van der Waals surface area contributed by atoms with E-state index in [0.717, 1.165) is 106 Å². The molecule has 0 saturated heterocycles. The largest absolute Gasteiger partial charge is 0.456 e. The summed E-state index contributed by atoms with van der Waals surface area (Å²) < 4.78 is 10.8. The molecule has 7 nitrogen and oxygen atoms in total. The minimum absolute atomic E-state index is 0.680. The van der Waals surface area contributed by atoms with Gasteiger partial charge in [0.2, 0.25) is 0 Å². The van der Waals surface area contributed by atoms with E-state index in [1.807, 2.05) is 48.7 Å². The van der Waals surface area contributed by atoms with E-state index in [1.165, 1.54) is 10.8 Å². The predicted octanol–water partition coefficient (Wildman–Crippen LogP) is 14.0. The summed E-state index contributed by atoms with van der Waals surface area (Å²) in [6.07, 6.45) is 3.65. The Hall–Kier alpha value is -8.68. The molecule has 0 unspecified atom stereocenters. The number of pyridine rings is 2. The fourth-order valence-electron chi connectivity index (χ4n) is 9.31. The first-order valence-corrected chi connectivity index (χ1v) is 21.0. The molecule has 7 heteroatoms. The molecule has 0 fully saturated rings. The third-order valence-corrected chi connectivity index (χ3v) is 12.2. The molecule has 0 aliphatic carbocycles. The maximum absolute atomic E-state index is 6.17. The SMILES string of the molecule is c1ccc(-c2cc(-n3c4ccccc4c4cc(-c5cccc(-c6ccc7c8ccccc8n(-c8ccc9oc%10ccncc%10c9c8)c7c6)n5)ccc43)nc(-c3ccccc3)n2)cc1. The van der Waals surface area contributed by atoms with Crippen molar-refractivity contribution in [3.05, 3.63) is 207 Å². The number of rotatable bonds is 6. The number of benzene rings is 7. The molecule has 0 bridgehead atoms. The summed E-state index contributed by atoms with van der Waals surface area (Å²) >= 11 is 0. The van der Waals surface area contributed by atoms with E-state index in [1.54, 1.807) is 6.20 Å². The summed E-state index contributed by atoms with van der Waals surface area (Å²) in [7, 11) is 0. The van der Waals surface area contributed by atoms with Crippen LogP contribution in [0, 0.1) is 0 Å². The molecular formula is C56H34N6O. The number of aromatic nitrogens is 6. The van der Waals surface area contributed by atoms with Crippen LogP contribution in [0.4, 0.5) is 0 Å². The second-order valence-electron chi connectivity index (χ2n) is 15.9. The van der Waals surface area contributed by atoms with Crippen LogP contribution in [0.2, 0.25) is 0 Å². The van der Waals surface area contributed by atoms with E-state index >= 15 is 0 Å². The molecule has 0 spiro atoms. The average molecular weight is 807 g/mol. The van der Waals surface area contributed by atoms with Gasteiger partial charge in [0.15, 0.2) is 5.82 Å². The normalized spacial score (nSPS) is 11.8. The molecule has 63 heavy (non-hydrogen) atoms. The summed E-state index contributed by atoms with van der Waals surface area (Å²) in [5.74, 6) is 1.49. The molecule has 13 aromatic rings. The van der Waals surface area contributed by atoms with Crippen molar-refractivity contribution in [2.75, 3.05) is 0 Å². The van der Waals surface area contributed by atoms with Gasteiger partial charge in [-0.25, -0.2) is 15.0 Å². The smallest absolute Gasteiger partial charge is 0.162 e. The van der Waals surface area contributed by atoms with E-state index in [4.69, 9.17) is 19.4 Å². The van der Waals surface area contributed by atoms with Crippen molar-refractivity contribution in [3.8, 4) is 56.7 Å². The maximum Gasteiger partial charge on any atom is 0.162 e. The molecule has 0 radical (unpaired) electrons. The highest BCUT2D eigenvalue weighted by molar-refractivity contribution is 6.12. The average Bonchev–Trinajstić information content (AvgIpc) is 4.01. The van der Waals surface area contributed by atoms with Gasteiger partial charge in [0, 0.05) is 78.7 Å². The van der Waals surface area contributed by atoms with Gasteiger partial charge >= 0.3 is 0 Å². The molecule has 0 aliphatic heterocycles. The first-order chi connectivity index (χ1) is 31.2. The first kappa shape index (κ1) is 35.1. The minimum atomic E-state index is 0.680. The monoisotopic (exact) mass is 806 g/mol. The Morgan fingerprint density at radius 2 is 1.00 bits per heavy atom.